The summed E-state index contributed by atoms with van der Waals surface area (Å²) >= 11 is 4.01. The van der Waals surface area contributed by atoms with Gasteiger partial charge >= 0.3 is 0 Å². The lowest BCUT2D eigenvalue weighted by Gasteiger charge is -1.99. The van der Waals surface area contributed by atoms with Gasteiger partial charge < -0.3 is 0 Å². The van der Waals surface area contributed by atoms with E-state index < -0.39 is 5.82 Å². The first kappa shape index (κ1) is 9.37. The van der Waals surface area contributed by atoms with Crippen molar-refractivity contribution in [2.24, 2.45) is 0 Å². The molecule has 0 saturated heterocycles. The Morgan fingerprint density at radius 2 is 2.00 bits per heavy atom. The predicted molar refractivity (Wildman–Crippen MR) is 57.2 cm³/mol. The summed E-state index contributed by atoms with van der Waals surface area (Å²) in [4.78, 5) is 10.4. The van der Waals surface area contributed by atoms with Crippen molar-refractivity contribution in [3.63, 3.8) is 0 Å². The zero-order valence-corrected chi connectivity index (χ0v) is 9.59. The lowest BCUT2D eigenvalue weighted by Crippen LogP contribution is -1.94. The molecule has 0 bridgehead atoms. The van der Waals surface area contributed by atoms with Crippen LogP contribution in [0.4, 0.5) is 4.39 Å². The van der Waals surface area contributed by atoms with E-state index in [0.29, 0.717) is 9.86 Å². The van der Waals surface area contributed by atoms with Crippen LogP contribution in [0, 0.1) is 13.0 Å². The Labute approximate surface area is 90.6 Å². The summed E-state index contributed by atoms with van der Waals surface area (Å²) in [5.41, 5.74) is 0.150. The normalized spacial score (nSPS) is 9.73. The molecule has 58 valence electrons. The highest BCUT2D eigenvalue weighted by atomic mass is 127. The van der Waals surface area contributed by atoms with Gasteiger partial charge in [-0.15, -0.1) is 0 Å². The maximum absolute atomic E-state index is 12.8. The van der Waals surface area contributed by atoms with Crippen molar-refractivity contribution in [1.82, 2.24) is 0 Å². The predicted octanol–water partition coefficient (Wildman–Crippen LogP) is 2.85. The van der Waals surface area contributed by atoms with Gasteiger partial charge in [0.25, 0.3) is 0 Å². The number of carbonyl (C=O) groups excluding carboxylic acids is 1. The fourth-order valence-electron chi connectivity index (χ4n) is 0.651. The summed E-state index contributed by atoms with van der Waals surface area (Å²) in [6, 6.07) is 2.94. The van der Waals surface area contributed by atoms with Gasteiger partial charge in [0.05, 0.1) is 5.56 Å². The molecule has 0 aliphatic carbocycles. The standard InChI is InChI=1S/C7H3FI2O/c8-5-1-2-6(9)7(10)4(5)3-11/h1-3H. The molecule has 0 aliphatic rings. The van der Waals surface area contributed by atoms with Gasteiger partial charge in [-0.3, -0.25) is 4.79 Å². The minimum Gasteiger partial charge on any atom is -0.298 e. The summed E-state index contributed by atoms with van der Waals surface area (Å²) in [6.45, 7) is 0. The Morgan fingerprint density at radius 3 is 2.45 bits per heavy atom. The molecule has 1 aromatic rings. The SMILES string of the molecule is O=Cc1c(F)ccc(I)c1I. The van der Waals surface area contributed by atoms with Gasteiger partial charge in [-0.25, -0.2) is 4.39 Å². The van der Waals surface area contributed by atoms with E-state index in [4.69, 9.17) is 0 Å². The van der Waals surface area contributed by atoms with E-state index in [9.17, 15) is 9.18 Å². The summed E-state index contributed by atoms with van der Waals surface area (Å²) in [5, 5.41) is 0. The van der Waals surface area contributed by atoms with Crippen LogP contribution in [0.2, 0.25) is 0 Å². The van der Waals surface area contributed by atoms with E-state index in [1.54, 1.807) is 6.07 Å². The Morgan fingerprint density at radius 1 is 1.36 bits per heavy atom. The molecule has 0 spiro atoms. The first-order valence-corrected chi connectivity index (χ1v) is 4.91. The molecule has 0 unspecified atom stereocenters. The van der Waals surface area contributed by atoms with Crippen molar-refractivity contribution < 1.29 is 9.18 Å². The van der Waals surface area contributed by atoms with Gasteiger partial charge in [-0.05, 0) is 57.3 Å². The third-order valence-corrected chi connectivity index (χ3v) is 4.29. The Hall–Kier alpha value is 0.280. The van der Waals surface area contributed by atoms with Crippen molar-refractivity contribution in [1.29, 1.82) is 0 Å². The summed E-state index contributed by atoms with van der Waals surface area (Å²) < 4.78 is 14.4. The van der Waals surface area contributed by atoms with E-state index in [1.807, 2.05) is 22.6 Å². The Balaban J connectivity index is 3.40. The minimum absolute atomic E-state index is 0.150. The molecular weight excluding hydrogens is 373 g/mol. The number of halogens is 3. The second-order valence-electron chi connectivity index (χ2n) is 1.87. The summed E-state index contributed by atoms with van der Waals surface area (Å²) in [5.74, 6) is -0.454. The van der Waals surface area contributed by atoms with Crippen molar-refractivity contribution in [3.05, 3.63) is 30.7 Å². The van der Waals surface area contributed by atoms with E-state index >= 15 is 0 Å². The first-order valence-electron chi connectivity index (χ1n) is 2.75. The molecule has 4 heteroatoms. The van der Waals surface area contributed by atoms with Crippen LogP contribution >= 0.6 is 45.2 Å². The van der Waals surface area contributed by atoms with Crippen LogP contribution in [-0.4, -0.2) is 6.29 Å². The number of benzene rings is 1. The van der Waals surface area contributed by atoms with Crippen molar-refractivity contribution in [3.8, 4) is 0 Å². The molecule has 0 amide bonds. The molecule has 0 saturated carbocycles. The van der Waals surface area contributed by atoms with Gasteiger partial charge in [-0.1, -0.05) is 0 Å². The second-order valence-corrected chi connectivity index (χ2v) is 4.12. The van der Waals surface area contributed by atoms with Crippen LogP contribution in [0.25, 0.3) is 0 Å². The number of hydrogen-bond acceptors (Lipinski definition) is 1. The quantitative estimate of drug-likeness (QED) is 0.419. The minimum atomic E-state index is -0.454. The van der Waals surface area contributed by atoms with E-state index in [0.717, 1.165) is 3.57 Å². The summed E-state index contributed by atoms with van der Waals surface area (Å²) in [7, 11) is 0. The van der Waals surface area contributed by atoms with Gasteiger partial charge in [0.2, 0.25) is 0 Å². The fourth-order valence-corrected chi connectivity index (χ4v) is 1.69. The van der Waals surface area contributed by atoms with Gasteiger partial charge in [0.15, 0.2) is 6.29 Å². The average Bonchev–Trinajstić information content (AvgIpc) is 1.99. The zero-order chi connectivity index (χ0) is 8.43. The molecule has 0 heterocycles. The maximum Gasteiger partial charge on any atom is 0.154 e. The molecule has 1 nitrogen and oxygen atoms in total. The molecule has 0 fully saturated rings. The Bertz CT molecular complexity index is 299. The first-order chi connectivity index (χ1) is 5.16. The molecule has 0 atom stereocenters. The fraction of sp³-hybridized carbons (Fsp3) is 0. The molecule has 0 radical (unpaired) electrons. The van der Waals surface area contributed by atoms with Crippen LogP contribution in [0.5, 0.6) is 0 Å². The highest BCUT2D eigenvalue weighted by Gasteiger charge is 2.07. The topological polar surface area (TPSA) is 17.1 Å². The van der Waals surface area contributed by atoms with Crippen LogP contribution in [-0.2, 0) is 0 Å². The molecular formula is C7H3FI2O. The maximum atomic E-state index is 12.8. The molecule has 1 aromatic carbocycles. The molecule has 0 N–H and O–H groups in total. The van der Waals surface area contributed by atoms with Crippen molar-refractivity contribution in [2.75, 3.05) is 0 Å². The van der Waals surface area contributed by atoms with E-state index in [-0.39, 0.29) is 5.56 Å². The zero-order valence-electron chi connectivity index (χ0n) is 5.27. The van der Waals surface area contributed by atoms with Gasteiger partial charge in [-0.2, -0.15) is 0 Å². The van der Waals surface area contributed by atoms with Gasteiger partial charge in [0.1, 0.15) is 5.82 Å². The average molecular weight is 376 g/mol. The van der Waals surface area contributed by atoms with E-state index in [1.165, 1.54) is 6.07 Å². The van der Waals surface area contributed by atoms with Crippen molar-refractivity contribution in [2.45, 2.75) is 0 Å². The number of aldehydes is 1. The molecule has 0 aliphatic heterocycles. The highest BCUT2D eigenvalue weighted by Crippen LogP contribution is 2.20. The van der Waals surface area contributed by atoms with E-state index in [2.05, 4.69) is 22.6 Å². The van der Waals surface area contributed by atoms with Crippen LogP contribution < -0.4 is 0 Å². The third-order valence-electron chi connectivity index (χ3n) is 1.20. The number of rotatable bonds is 1. The lowest BCUT2D eigenvalue weighted by molar-refractivity contribution is 0.111. The number of carbonyl (C=O) groups is 1. The molecule has 0 aromatic heterocycles. The van der Waals surface area contributed by atoms with Crippen LogP contribution in [0.1, 0.15) is 10.4 Å². The van der Waals surface area contributed by atoms with Crippen molar-refractivity contribution >= 4 is 51.5 Å². The lowest BCUT2D eigenvalue weighted by atomic mass is 10.2. The second kappa shape index (κ2) is 3.79. The highest BCUT2D eigenvalue weighted by molar-refractivity contribution is 14.1. The van der Waals surface area contributed by atoms with Gasteiger partial charge in [0, 0.05) is 7.14 Å². The Kier molecular flexibility index (Phi) is 3.23. The molecule has 11 heavy (non-hydrogen) atoms. The third kappa shape index (κ3) is 1.90. The largest absolute Gasteiger partial charge is 0.298 e. The van der Waals surface area contributed by atoms with Crippen LogP contribution in [0.3, 0.4) is 0 Å². The summed E-state index contributed by atoms with van der Waals surface area (Å²) in [6.07, 6.45) is 0.541. The van der Waals surface area contributed by atoms with Crippen LogP contribution in [0.15, 0.2) is 12.1 Å². The molecule has 1 rings (SSSR count). The monoisotopic (exact) mass is 376 g/mol. The smallest absolute Gasteiger partial charge is 0.154 e. The number of hydrogen-bond donors (Lipinski definition) is 0.